The summed E-state index contributed by atoms with van der Waals surface area (Å²) < 4.78 is 70.6. The first kappa shape index (κ1) is 30.1. The largest absolute Gasteiger partial charge is 0.497 e. The van der Waals surface area contributed by atoms with Gasteiger partial charge in [-0.15, -0.1) is 0 Å². The number of carbonyl (C=O) groups excluding carboxylic acids is 1. The fraction of sp³-hybridized carbons (Fsp3) is 0.462. The molecule has 0 unspecified atom stereocenters. The van der Waals surface area contributed by atoms with Gasteiger partial charge in [0.1, 0.15) is 16.4 Å². The third-order valence-corrected chi connectivity index (χ3v) is 8.12. The van der Waals surface area contributed by atoms with Crippen molar-refractivity contribution in [2.24, 2.45) is 0 Å². The molecular weight excluding hydrogens is 541 g/mol. The van der Waals surface area contributed by atoms with E-state index in [9.17, 15) is 26.4 Å². The van der Waals surface area contributed by atoms with E-state index in [1.165, 1.54) is 39.5 Å². The Morgan fingerprint density at radius 1 is 0.974 bits per heavy atom. The third-order valence-electron chi connectivity index (χ3n) is 6.72. The van der Waals surface area contributed by atoms with Crippen molar-refractivity contribution in [1.29, 1.82) is 0 Å². The Labute approximate surface area is 224 Å². The molecule has 2 aromatic carbocycles. The van der Waals surface area contributed by atoms with Crippen molar-refractivity contribution in [3.8, 4) is 11.5 Å². The molecule has 13 heteroatoms. The number of benzene rings is 2. The van der Waals surface area contributed by atoms with Crippen molar-refractivity contribution >= 4 is 27.6 Å². The molecule has 3 N–H and O–H groups in total. The number of anilines is 1. The molecule has 39 heavy (non-hydrogen) atoms. The Morgan fingerprint density at radius 3 is 2.05 bits per heavy atom. The highest BCUT2D eigenvalue weighted by atomic mass is 32.2. The number of aliphatic carboxylic acids is 1. The summed E-state index contributed by atoms with van der Waals surface area (Å²) in [5.74, 6) is -2.02. The van der Waals surface area contributed by atoms with Crippen molar-refractivity contribution in [2.45, 2.75) is 67.5 Å². The van der Waals surface area contributed by atoms with Gasteiger partial charge in [0, 0.05) is 17.8 Å². The first-order chi connectivity index (χ1) is 18.3. The number of carboxylic acid groups (broad SMARTS) is 1. The molecule has 0 bridgehead atoms. The van der Waals surface area contributed by atoms with Gasteiger partial charge >= 0.3 is 12.1 Å². The maximum Gasteiger partial charge on any atom is 0.490 e. The van der Waals surface area contributed by atoms with Gasteiger partial charge in [-0.25, -0.2) is 13.2 Å². The Bertz CT molecular complexity index is 1270. The monoisotopic (exact) mass is 572 g/mol. The predicted molar refractivity (Wildman–Crippen MR) is 136 cm³/mol. The van der Waals surface area contributed by atoms with Crippen LogP contribution in [0.15, 0.2) is 47.4 Å². The first-order valence-electron chi connectivity index (χ1n) is 12.3. The normalized spacial score (nSPS) is 16.7. The van der Waals surface area contributed by atoms with Gasteiger partial charge < -0.3 is 19.9 Å². The number of methoxy groups -OCH3 is 2. The molecule has 2 aromatic rings. The maximum absolute atomic E-state index is 13.0. The summed E-state index contributed by atoms with van der Waals surface area (Å²) in [6.07, 6.45) is 2.24. The average Bonchev–Trinajstić information content (AvgIpc) is 3.71. The molecule has 4 rings (SSSR count). The molecule has 0 aromatic heterocycles. The van der Waals surface area contributed by atoms with Crippen LogP contribution in [-0.4, -0.2) is 51.8 Å². The van der Waals surface area contributed by atoms with Gasteiger partial charge in [-0.1, -0.05) is 31.4 Å². The van der Waals surface area contributed by atoms with E-state index in [0.717, 1.165) is 31.2 Å². The quantitative estimate of drug-likeness (QED) is 0.421. The number of rotatable bonds is 8. The molecule has 0 aliphatic heterocycles. The SMILES string of the molecule is COc1ccc(OC)c(S(=O)(=O)Nc2ccc(C3(C(=O)NC4CCCCC4)CC3)cc2)c1.O=C(O)C(F)(F)F. The number of sulfonamides is 1. The Kier molecular flexibility index (Phi) is 9.36. The smallest absolute Gasteiger partial charge is 0.490 e. The van der Waals surface area contributed by atoms with Gasteiger partial charge in [-0.05, 0) is 55.5 Å². The summed E-state index contributed by atoms with van der Waals surface area (Å²) in [6.45, 7) is 0. The highest BCUT2D eigenvalue weighted by Crippen LogP contribution is 2.49. The van der Waals surface area contributed by atoms with Crippen molar-refractivity contribution in [3.05, 3.63) is 48.0 Å². The van der Waals surface area contributed by atoms with E-state index in [1.807, 2.05) is 12.1 Å². The van der Waals surface area contributed by atoms with E-state index < -0.39 is 27.6 Å². The highest BCUT2D eigenvalue weighted by molar-refractivity contribution is 7.92. The molecule has 1 amide bonds. The molecule has 0 radical (unpaired) electrons. The lowest BCUT2D eigenvalue weighted by atomic mass is 9.91. The minimum absolute atomic E-state index is 0.00560. The van der Waals surface area contributed by atoms with E-state index >= 15 is 0 Å². The van der Waals surface area contributed by atoms with Crippen LogP contribution < -0.4 is 19.5 Å². The molecular formula is C26H31F3N2O7S. The van der Waals surface area contributed by atoms with Gasteiger partial charge in [0.25, 0.3) is 10.0 Å². The van der Waals surface area contributed by atoms with Gasteiger partial charge in [0.15, 0.2) is 0 Å². The molecule has 2 aliphatic rings. The third kappa shape index (κ3) is 7.55. The molecule has 214 valence electrons. The minimum Gasteiger partial charge on any atom is -0.497 e. The fourth-order valence-corrected chi connectivity index (χ4v) is 5.65. The van der Waals surface area contributed by atoms with E-state index in [-0.39, 0.29) is 22.6 Å². The van der Waals surface area contributed by atoms with Crippen LogP contribution >= 0.6 is 0 Å². The van der Waals surface area contributed by atoms with Crippen LogP contribution in [0.4, 0.5) is 18.9 Å². The van der Waals surface area contributed by atoms with Crippen LogP contribution in [0.5, 0.6) is 11.5 Å². The number of hydrogen-bond acceptors (Lipinski definition) is 6. The summed E-state index contributed by atoms with van der Waals surface area (Å²) in [5.41, 5.74) is 0.861. The van der Waals surface area contributed by atoms with Gasteiger partial charge in [0.05, 0.1) is 19.6 Å². The van der Waals surface area contributed by atoms with E-state index in [1.54, 1.807) is 24.3 Å². The van der Waals surface area contributed by atoms with Crippen LogP contribution in [0.3, 0.4) is 0 Å². The number of carboxylic acids is 1. The standard InChI is InChI=1S/C24H30N2O5S.C2HF3O2/c1-30-20-12-13-21(31-2)22(16-20)32(28,29)26-19-10-8-17(9-11-19)24(14-15-24)23(27)25-18-6-4-3-5-7-18;3-2(4,5)1(6)7/h8-13,16,18,26H,3-7,14-15H2,1-2H3,(H,25,27);(H,6,7). The average molecular weight is 573 g/mol. The number of nitrogens with one attached hydrogen (secondary N) is 2. The highest BCUT2D eigenvalue weighted by Gasteiger charge is 2.51. The van der Waals surface area contributed by atoms with Gasteiger partial charge in [-0.3, -0.25) is 9.52 Å². The number of alkyl halides is 3. The molecule has 2 aliphatic carbocycles. The minimum atomic E-state index is -5.08. The number of halogens is 3. The van der Waals surface area contributed by atoms with Crippen molar-refractivity contribution < 1.29 is 45.8 Å². The first-order valence-corrected chi connectivity index (χ1v) is 13.8. The van der Waals surface area contributed by atoms with Crippen LogP contribution in [0.2, 0.25) is 0 Å². The van der Waals surface area contributed by atoms with Crippen LogP contribution in [-0.2, 0) is 25.0 Å². The molecule has 0 atom stereocenters. The second kappa shape index (κ2) is 12.1. The maximum atomic E-state index is 13.0. The Hall–Kier alpha value is -3.48. The van der Waals surface area contributed by atoms with Crippen LogP contribution in [0, 0.1) is 0 Å². The van der Waals surface area contributed by atoms with Crippen molar-refractivity contribution in [2.75, 3.05) is 18.9 Å². The fourth-order valence-electron chi connectivity index (χ4n) is 4.40. The molecule has 0 spiro atoms. The Balaban J connectivity index is 0.000000532. The summed E-state index contributed by atoms with van der Waals surface area (Å²) >= 11 is 0. The Morgan fingerprint density at radius 2 is 1.56 bits per heavy atom. The van der Waals surface area contributed by atoms with E-state index in [4.69, 9.17) is 19.4 Å². The zero-order valence-corrected chi connectivity index (χ0v) is 22.3. The van der Waals surface area contributed by atoms with Crippen LogP contribution in [0.25, 0.3) is 0 Å². The molecule has 0 heterocycles. The van der Waals surface area contributed by atoms with Crippen LogP contribution in [0.1, 0.15) is 50.5 Å². The molecule has 0 saturated heterocycles. The summed E-state index contributed by atoms with van der Waals surface area (Å²) in [4.78, 5) is 21.9. The number of amides is 1. The summed E-state index contributed by atoms with van der Waals surface area (Å²) in [5, 5.41) is 10.4. The van der Waals surface area contributed by atoms with Gasteiger partial charge in [0.2, 0.25) is 5.91 Å². The zero-order chi connectivity index (χ0) is 28.8. The number of hydrogen-bond donors (Lipinski definition) is 3. The number of ether oxygens (including phenoxy) is 2. The van der Waals surface area contributed by atoms with E-state index in [2.05, 4.69) is 10.0 Å². The summed E-state index contributed by atoms with van der Waals surface area (Å²) in [7, 11) is -0.997. The van der Waals surface area contributed by atoms with Crippen molar-refractivity contribution in [1.82, 2.24) is 5.32 Å². The second-order valence-electron chi connectivity index (χ2n) is 9.39. The van der Waals surface area contributed by atoms with E-state index in [0.29, 0.717) is 11.4 Å². The molecule has 2 fully saturated rings. The lowest BCUT2D eigenvalue weighted by Gasteiger charge is -2.25. The summed E-state index contributed by atoms with van der Waals surface area (Å²) in [6, 6.07) is 12.0. The topological polar surface area (TPSA) is 131 Å². The lowest BCUT2D eigenvalue weighted by molar-refractivity contribution is -0.192. The molecule has 2 saturated carbocycles. The predicted octanol–water partition coefficient (Wildman–Crippen LogP) is 4.62. The second-order valence-corrected chi connectivity index (χ2v) is 11.0. The zero-order valence-electron chi connectivity index (χ0n) is 21.5. The van der Waals surface area contributed by atoms with Gasteiger partial charge in [-0.2, -0.15) is 13.2 Å². The lowest BCUT2D eigenvalue weighted by Crippen LogP contribution is -2.42. The van der Waals surface area contributed by atoms with Crippen molar-refractivity contribution in [3.63, 3.8) is 0 Å². The molecule has 9 nitrogen and oxygen atoms in total. The number of carbonyl (C=O) groups is 2.